The van der Waals surface area contributed by atoms with E-state index in [2.05, 4.69) is 16.8 Å². The second kappa shape index (κ2) is 13.4. The van der Waals surface area contributed by atoms with Gasteiger partial charge in [-0.25, -0.2) is 4.39 Å². The van der Waals surface area contributed by atoms with E-state index in [1.165, 1.54) is 22.7 Å². The van der Waals surface area contributed by atoms with Gasteiger partial charge in [0.2, 0.25) is 5.13 Å². The molecule has 0 unspecified atom stereocenters. The average Bonchev–Trinajstić information content (AvgIpc) is 3.74. The van der Waals surface area contributed by atoms with Gasteiger partial charge in [0.15, 0.2) is 15.8 Å². The number of aliphatic hydroxyl groups excluding tert-OH is 1. The molecule has 9 nitrogen and oxygen atoms in total. The molecule has 12 heteroatoms. The van der Waals surface area contributed by atoms with E-state index in [9.17, 15) is 19.1 Å². The molecule has 2 aliphatic rings. The number of aliphatic hydroxyl groups is 1. The number of anilines is 1. The number of ether oxygens (including phenoxy) is 3. The van der Waals surface area contributed by atoms with Crippen LogP contribution in [-0.2, 0) is 21.8 Å². The number of ketones is 1. The number of thioether (sulfide) groups is 1. The highest BCUT2D eigenvalue weighted by molar-refractivity contribution is 8.00. The molecule has 4 aromatic rings. The zero-order valence-corrected chi connectivity index (χ0v) is 26.7. The molecule has 0 bridgehead atoms. The van der Waals surface area contributed by atoms with Gasteiger partial charge in [-0.2, -0.15) is 0 Å². The van der Waals surface area contributed by atoms with Crippen LogP contribution in [-0.4, -0.2) is 46.3 Å². The summed E-state index contributed by atoms with van der Waals surface area (Å²) in [4.78, 5) is 28.7. The summed E-state index contributed by atoms with van der Waals surface area (Å²) in [5.74, 6) is -0.516. The van der Waals surface area contributed by atoms with Crippen molar-refractivity contribution in [3.63, 3.8) is 0 Å². The number of hydrogen-bond acceptors (Lipinski definition) is 10. The van der Waals surface area contributed by atoms with Gasteiger partial charge < -0.3 is 19.3 Å². The van der Waals surface area contributed by atoms with Crippen molar-refractivity contribution in [3.05, 3.63) is 107 Å². The van der Waals surface area contributed by atoms with Crippen molar-refractivity contribution in [2.24, 2.45) is 0 Å². The van der Waals surface area contributed by atoms with Crippen LogP contribution in [0.15, 0.2) is 83.2 Å². The summed E-state index contributed by atoms with van der Waals surface area (Å²) >= 11 is 2.36. The first-order valence-corrected chi connectivity index (χ1v) is 16.4. The standard InChI is InChI=1S/C34H30FN3O6S2/c1-4-14-43-26-13-10-20(17-27(26)42-5-2)29-28(30(39)21-11-12-25-23(16-21)15-19(3)44-25)31(40)32(41)38(29)33-36-37-34(46-33)45-18-22-8-6-7-9-24(22)35/h4,6-13,16-17,19,29,39H,1,5,14-15,18H2,2-3H3/b30-28+/t19-,29+/m0/s1. The van der Waals surface area contributed by atoms with Gasteiger partial charge in [-0.05, 0) is 66.9 Å². The van der Waals surface area contributed by atoms with Gasteiger partial charge in [0, 0.05) is 17.7 Å². The Balaban J connectivity index is 1.43. The Morgan fingerprint density at radius 1 is 1.15 bits per heavy atom. The molecule has 236 valence electrons. The van der Waals surface area contributed by atoms with Crippen LogP contribution in [0.25, 0.3) is 5.76 Å². The van der Waals surface area contributed by atoms with Gasteiger partial charge in [-0.3, -0.25) is 14.5 Å². The van der Waals surface area contributed by atoms with Crippen LogP contribution in [0, 0.1) is 5.82 Å². The number of amides is 1. The summed E-state index contributed by atoms with van der Waals surface area (Å²) in [7, 11) is 0. The molecule has 6 rings (SSSR count). The Labute approximate surface area is 273 Å². The Kier molecular flexibility index (Phi) is 9.09. The number of carbonyl (C=O) groups is 2. The molecular formula is C34H30FN3O6S2. The Morgan fingerprint density at radius 2 is 1.98 bits per heavy atom. The van der Waals surface area contributed by atoms with Crippen molar-refractivity contribution in [1.82, 2.24) is 10.2 Å². The van der Waals surface area contributed by atoms with Gasteiger partial charge in [-0.15, -0.1) is 10.2 Å². The summed E-state index contributed by atoms with van der Waals surface area (Å²) < 4.78 is 32.1. The number of hydrogen-bond donors (Lipinski definition) is 1. The lowest BCUT2D eigenvalue weighted by Gasteiger charge is -2.23. The molecule has 3 heterocycles. The third kappa shape index (κ3) is 6.10. The van der Waals surface area contributed by atoms with Gasteiger partial charge in [0.1, 0.15) is 30.0 Å². The molecule has 0 aliphatic carbocycles. The van der Waals surface area contributed by atoms with Crippen LogP contribution in [0.5, 0.6) is 17.2 Å². The molecule has 0 saturated carbocycles. The van der Waals surface area contributed by atoms with Crippen molar-refractivity contribution < 1.29 is 33.3 Å². The second-order valence-corrected chi connectivity index (χ2v) is 12.8. The first-order chi connectivity index (χ1) is 22.3. The Bertz CT molecular complexity index is 1860. The van der Waals surface area contributed by atoms with Gasteiger partial charge in [-0.1, -0.05) is 60.0 Å². The molecule has 1 saturated heterocycles. The summed E-state index contributed by atoms with van der Waals surface area (Å²) in [6.45, 7) is 8.06. The first-order valence-electron chi connectivity index (χ1n) is 14.6. The molecule has 3 aromatic carbocycles. The van der Waals surface area contributed by atoms with Gasteiger partial charge >= 0.3 is 5.91 Å². The summed E-state index contributed by atoms with van der Waals surface area (Å²) in [5.41, 5.74) is 2.17. The average molecular weight is 660 g/mol. The van der Waals surface area contributed by atoms with E-state index in [4.69, 9.17) is 14.2 Å². The van der Waals surface area contributed by atoms with E-state index in [-0.39, 0.29) is 35.0 Å². The fourth-order valence-electron chi connectivity index (χ4n) is 5.41. The molecule has 1 aromatic heterocycles. The van der Waals surface area contributed by atoms with Gasteiger partial charge in [0.05, 0.1) is 18.2 Å². The summed E-state index contributed by atoms with van der Waals surface area (Å²) in [6.07, 6.45) is 2.24. The van der Waals surface area contributed by atoms with Crippen LogP contribution < -0.4 is 19.1 Å². The van der Waals surface area contributed by atoms with E-state index in [0.717, 1.165) is 16.9 Å². The maximum Gasteiger partial charge on any atom is 0.301 e. The van der Waals surface area contributed by atoms with Crippen LogP contribution in [0.3, 0.4) is 0 Å². The van der Waals surface area contributed by atoms with E-state index in [1.807, 2.05) is 13.8 Å². The number of benzene rings is 3. The number of rotatable bonds is 11. The molecular weight excluding hydrogens is 630 g/mol. The van der Waals surface area contributed by atoms with Crippen molar-refractivity contribution in [1.29, 1.82) is 0 Å². The molecule has 2 aliphatic heterocycles. The van der Waals surface area contributed by atoms with E-state index >= 15 is 0 Å². The number of Topliss-reactive ketones (excluding diaryl/α,β-unsaturated/α-hetero) is 1. The minimum absolute atomic E-state index is 0.0142. The Hall–Kier alpha value is -4.68. The fourth-order valence-corrected chi connectivity index (χ4v) is 7.27. The molecule has 0 spiro atoms. The molecule has 1 amide bonds. The SMILES string of the molecule is C=CCOc1ccc([C@@H]2/C(=C(\O)c3ccc4c(c3)C[C@H](C)O4)C(=O)C(=O)N2c2nnc(SCc3ccccc3F)s2)cc1OCC. The van der Waals surface area contributed by atoms with Crippen molar-refractivity contribution in [3.8, 4) is 17.2 Å². The summed E-state index contributed by atoms with van der Waals surface area (Å²) in [5, 5.41) is 20.3. The lowest BCUT2D eigenvalue weighted by Crippen LogP contribution is -2.29. The number of nitrogens with zero attached hydrogens (tertiary/aromatic N) is 3. The number of aromatic nitrogens is 2. The Morgan fingerprint density at radius 3 is 2.76 bits per heavy atom. The van der Waals surface area contributed by atoms with E-state index in [0.29, 0.717) is 57.1 Å². The fraction of sp³-hybridized carbons (Fsp3) is 0.235. The zero-order valence-electron chi connectivity index (χ0n) is 25.1. The third-order valence-electron chi connectivity index (χ3n) is 7.46. The normalized spacial score (nSPS) is 18.4. The quantitative estimate of drug-likeness (QED) is 0.0460. The lowest BCUT2D eigenvalue weighted by molar-refractivity contribution is -0.132. The maximum absolute atomic E-state index is 14.2. The summed E-state index contributed by atoms with van der Waals surface area (Å²) in [6, 6.07) is 15.7. The predicted molar refractivity (Wildman–Crippen MR) is 174 cm³/mol. The van der Waals surface area contributed by atoms with E-state index in [1.54, 1.807) is 60.7 Å². The lowest BCUT2D eigenvalue weighted by atomic mass is 9.94. The molecule has 46 heavy (non-hydrogen) atoms. The minimum Gasteiger partial charge on any atom is -0.507 e. The number of fused-ring (bicyclic) bond motifs is 1. The van der Waals surface area contributed by atoms with E-state index < -0.39 is 17.7 Å². The highest BCUT2D eigenvalue weighted by atomic mass is 32.2. The van der Waals surface area contributed by atoms with Crippen LogP contribution >= 0.6 is 23.1 Å². The molecule has 1 N–H and O–H groups in total. The number of carbonyl (C=O) groups excluding carboxylic acids is 2. The highest BCUT2D eigenvalue weighted by Gasteiger charge is 2.48. The maximum atomic E-state index is 14.2. The zero-order chi connectivity index (χ0) is 32.4. The largest absolute Gasteiger partial charge is 0.507 e. The minimum atomic E-state index is -1.06. The van der Waals surface area contributed by atoms with Crippen molar-refractivity contribution >= 4 is 45.7 Å². The van der Waals surface area contributed by atoms with Gasteiger partial charge in [0.25, 0.3) is 5.78 Å². The van der Waals surface area contributed by atoms with Crippen LogP contribution in [0.1, 0.15) is 42.1 Å². The third-order valence-corrected chi connectivity index (χ3v) is 9.57. The molecule has 1 fully saturated rings. The molecule has 0 radical (unpaired) electrons. The van der Waals surface area contributed by atoms with Crippen LogP contribution in [0.2, 0.25) is 0 Å². The smallest absolute Gasteiger partial charge is 0.301 e. The topological polar surface area (TPSA) is 111 Å². The number of halogens is 1. The highest BCUT2D eigenvalue weighted by Crippen LogP contribution is 2.46. The van der Waals surface area contributed by atoms with Crippen molar-refractivity contribution in [2.75, 3.05) is 18.1 Å². The first kappa shape index (κ1) is 31.3. The predicted octanol–water partition coefficient (Wildman–Crippen LogP) is 6.88. The van der Waals surface area contributed by atoms with Crippen LogP contribution in [0.4, 0.5) is 9.52 Å². The second-order valence-electron chi connectivity index (χ2n) is 10.6. The molecule has 2 atom stereocenters. The monoisotopic (exact) mass is 659 g/mol. The van der Waals surface area contributed by atoms with Crippen molar-refractivity contribution in [2.45, 2.75) is 42.5 Å².